The molecule has 4 aromatic rings. The van der Waals surface area contributed by atoms with Gasteiger partial charge in [0.05, 0.1) is 35.4 Å². The van der Waals surface area contributed by atoms with Gasteiger partial charge in [-0.15, -0.1) is 0 Å². The molecule has 0 bridgehead atoms. The normalized spacial score (nSPS) is 11.0. The minimum atomic E-state index is -0.326. The van der Waals surface area contributed by atoms with E-state index in [1.54, 1.807) is 29.2 Å². The molecule has 2 N–H and O–H groups in total. The number of aromatic nitrogens is 5. The predicted molar refractivity (Wildman–Crippen MR) is 114 cm³/mol. The number of aromatic amines is 1. The largest absolute Gasteiger partial charge is 0.360 e. The molecule has 1 amide bonds. The van der Waals surface area contributed by atoms with Gasteiger partial charge in [-0.05, 0) is 31.5 Å². The van der Waals surface area contributed by atoms with E-state index in [9.17, 15) is 9.59 Å². The summed E-state index contributed by atoms with van der Waals surface area (Å²) in [5, 5.41) is 8.25. The highest BCUT2D eigenvalue weighted by atomic mass is 35.5. The number of Topliss-reactive ketones (excluding diaryl/α,β-unsaturated/α-hetero) is 1. The summed E-state index contributed by atoms with van der Waals surface area (Å²) in [6.07, 6.45) is 7.37. The number of nitrogens with one attached hydrogen (secondary N) is 2. The van der Waals surface area contributed by atoms with Crippen LogP contribution in [0.15, 0.2) is 43.0 Å². The second-order valence-corrected chi connectivity index (χ2v) is 7.27. The Hall–Kier alpha value is -3.52. The summed E-state index contributed by atoms with van der Waals surface area (Å²) >= 11 is 6.04. The van der Waals surface area contributed by atoms with E-state index >= 15 is 0 Å². The molecule has 0 spiro atoms. The first-order chi connectivity index (χ1) is 14.5. The Kier molecular flexibility index (Phi) is 5.33. The van der Waals surface area contributed by atoms with E-state index in [2.05, 4.69) is 25.4 Å². The molecule has 152 valence electrons. The van der Waals surface area contributed by atoms with Gasteiger partial charge in [-0.25, -0.2) is 14.6 Å². The average molecular weight is 423 g/mol. The van der Waals surface area contributed by atoms with Crippen molar-refractivity contribution in [2.24, 2.45) is 0 Å². The summed E-state index contributed by atoms with van der Waals surface area (Å²) in [5.74, 6) is 0.484. The van der Waals surface area contributed by atoms with E-state index in [4.69, 9.17) is 11.6 Å². The molecule has 3 aromatic heterocycles. The number of benzene rings is 1. The van der Waals surface area contributed by atoms with Crippen molar-refractivity contribution in [2.75, 3.05) is 5.32 Å². The lowest BCUT2D eigenvalue weighted by atomic mass is 10.1. The fraction of sp³-hybridized carbons (Fsp3) is 0.190. The molecule has 8 nitrogen and oxygen atoms in total. The maximum absolute atomic E-state index is 12.7. The van der Waals surface area contributed by atoms with Crippen LogP contribution in [0.5, 0.6) is 0 Å². The minimum Gasteiger partial charge on any atom is -0.360 e. The topological polar surface area (TPSA) is 106 Å². The zero-order valence-corrected chi connectivity index (χ0v) is 17.2. The Balaban J connectivity index is 1.53. The number of amides is 1. The number of nitrogens with zero attached hydrogens (tertiary/aromatic N) is 4. The smallest absolute Gasteiger partial charge is 0.259 e. The third-order valence-corrected chi connectivity index (χ3v) is 5.01. The van der Waals surface area contributed by atoms with E-state index < -0.39 is 0 Å². The second kappa shape index (κ2) is 8.08. The fourth-order valence-electron chi connectivity index (χ4n) is 3.24. The number of fused-ring (bicyclic) bond motifs is 1. The first-order valence-corrected chi connectivity index (χ1v) is 9.84. The van der Waals surface area contributed by atoms with Crippen LogP contribution in [0.1, 0.15) is 46.2 Å². The van der Waals surface area contributed by atoms with Crippen LogP contribution in [0.25, 0.3) is 16.7 Å². The Morgan fingerprint density at radius 1 is 1.17 bits per heavy atom. The number of anilines is 1. The van der Waals surface area contributed by atoms with E-state index in [-0.39, 0.29) is 11.7 Å². The second-order valence-electron chi connectivity index (χ2n) is 6.83. The van der Waals surface area contributed by atoms with Crippen LogP contribution in [0.3, 0.4) is 0 Å². The molecule has 0 aliphatic rings. The number of halogens is 1. The first-order valence-electron chi connectivity index (χ1n) is 9.46. The van der Waals surface area contributed by atoms with Gasteiger partial charge in [0, 0.05) is 28.5 Å². The Bertz CT molecular complexity index is 1240. The van der Waals surface area contributed by atoms with Crippen LogP contribution in [0, 0.1) is 6.92 Å². The molecule has 3 heterocycles. The molecule has 0 aliphatic heterocycles. The van der Waals surface area contributed by atoms with Gasteiger partial charge in [0.15, 0.2) is 17.4 Å². The number of H-pyrrole nitrogens is 1. The Labute approximate surface area is 177 Å². The highest BCUT2D eigenvalue weighted by Crippen LogP contribution is 2.23. The molecular formula is C21H19ClN6O2. The van der Waals surface area contributed by atoms with Crippen molar-refractivity contribution in [3.05, 3.63) is 64.8 Å². The van der Waals surface area contributed by atoms with Gasteiger partial charge in [-0.1, -0.05) is 18.5 Å². The molecule has 30 heavy (non-hydrogen) atoms. The van der Waals surface area contributed by atoms with E-state index in [1.165, 1.54) is 12.4 Å². The van der Waals surface area contributed by atoms with Gasteiger partial charge >= 0.3 is 0 Å². The van der Waals surface area contributed by atoms with Gasteiger partial charge in [0.25, 0.3) is 5.91 Å². The van der Waals surface area contributed by atoms with Crippen molar-refractivity contribution in [3.63, 3.8) is 0 Å². The molecular weight excluding hydrogens is 404 g/mol. The lowest BCUT2D eigenvalue weighted by Gasteiger charge is -2.06. The number of hydrogen-bond acceptors (Lipinski definition) is 5. The summed E-state index contributed by atoms with van der Waals surface area (Å²) in [6.45, 7) is 3.77. The minimum absolute atomic E-state index is 0.0527. The highest BCUT2D eigenvalue weighted by Gasteiger charge is 2.16. The highest BCUT2D eigenvalue weighted by molar-refractivity contribution is 6.31. The van der Waals surface area contributed by atoms with E-state index in [0.717, 1.165) is 17.3 Å². The molecule has 1 aromatic carbocycles. The molecule has 0 aliphatic carbocycles. The Morgan fingerprint density at radius 3 is 2.73 bits per heavy atom. The van der Waals surface area contributed by atoms with Crippen molar-refractivity contribution in [1.29, 1.82) is 0 Å². The molecule has 0 saturated heterocycles. The van der Waals surface area contributed by atoms with E-state index in [1.807, 2.05) is 19.9 Å². The number of hydrogen-bond donors (Lipinski definition) is 2. The SMILES string of the molecule is CCCC(=O)c1cnn(-c2cnc(NC(=O)c3c[nH]c4ccc(Cl)cc34)cn2)c1C. The van der Waals surface area contributed by atoms with Crippen LogP contribution >= 0.6 is 11.6 Å². The van der Waals surface area contributed by atoms with Crippen LogP contribution in [-0.2, 0) is 0 Å². The van der Waals surface area contributed by atoms with Crippen LogP contribution in [-0.4, -0.2) is 36.4 Å². The zero-order chi connectivity index (χ0) is 21.3. The quantitative estimate of drug-likeness (QED) is 0.449. The third kappa shape index (κ3) is 3.69. The summed E-state index contributed by atoms with van der Waals surface area (Å²) in [6, 6.07) is 5.30. The maximum atomic E-state index is 12.7. The lowest BCUT2D eigenvalue weighted by Crippen LogP contribution is -2.13. The van der Waals surface area contributed by atoms with Crippen molar-refractivity contribution in [3.8, 4) is 5.82 Å². The molecule has 4 rings (SSSR count). The van der Waals surface area contributed by atoms with Crippen molar-refractivity contribution >= 4 is 40.0 Å². The van der Waals surface area contributed by atoms with Crippen molar-refractivity contribution < 1.29 is 9.59 Å². The average Bonchev–Trinajstić information content (AvgIpc) is 3.32. The van der Waals surface area contributed by atoms with Gasteiger partial charge < -0.3 is 10.3 Å². The lowest BCUT2D eigenvalue weighted by molar-refractivity contribution is 0.0979. The molecule has 9 heteroatoms. The molecule has 0 radical (unpaired) electrons. The molecule has 0 fully saturated rings. The van der Waals surface area contributed by atoms with Crippen LogP contribution in [0.2, 0.25) is 5.02 Å². The standard InChI is InChI=1S/C21H19ClN6O2/c1-3-4-18(29)15-9-26-28(12(15)2)20-11-24-19(10-25-20)27-21(30)16-8-23-17-6-5-13(22)7-14(16)17/h5-11,23H,3-4H2,1-2H3,(H,24,27,30). The van der Waals surface area contributed by atoms with E-state index in [0.29, 0.717) is 39.9 Å². The van der Waals surface area contributed by atoms with Crippen LogP contribution < -0.4 is 5.32 Å². The number of rotatable bonds is 6. The molecule has 0 unspecified atom stereocenters. The van der Waals surface area contributed by atoms with Crippen LogP contribution in [0.4, 0.5) is 5.82 Å². The predicted octanol–water partition coefficient (Wildman–Crippen LogP) is 4.34. The number of ketones is 1. The van der Waals surface area contributed by atoms with Gasteiger partial charge in [0.1, 0.15) is 0 Å². The zero-order valence-electron chi connectivity index (χ0n) is 16.4. The number of carbonyl (C=O) groups is 2. The summed E-state index contributed by atoms with van der Waals surface area (Å²) in [7, 11) is 0. The summed E-state index contributed by atoms with van der Waals surface area (Å²) in [4.78, 5) is 36.4. The maximum Gasteiger partial charge on any atom is 0.259 e. The fourth-order valence-corrected chi connectivity index (χ4v) is 3.41. The summed E-state index contributed by atoms with van der Waals surface area (Å²) in [5.41, 5.74) is 2.55. The first kappa shape index (κ1) is 19.8. The summed E-state index contributed by atoms with van der Waals surface area (Å²) < 4.78 is 1.56. The van der Waals surface area contributed by atoms with Crippen molar-refractivity contribution in [2.45, 2.75) is 26.7 Å². The van der Waals surface area contributed by atoms with Gasteiger partial charge in [0.2, 0.25) is 0 Å². The Morgan fingerprint density at radius 2 is 2.00 bits per heavy atom. The molecule has 0 saturated carbocycles. The monoisotopic (exact) mass is 422 g/mol. The molecule has 0 atom stereocenters. The van der Waals surface area contributed by atoms with Crippen molar-refractivity contribution in [1.82, 2.24) is 24.7 Å². The third-order valence-electron chi connectivity index (χ3n) is 4.77. The van der Waals surface area contributed by atoms with Gasteiger partial charge in [-0.3, -0.25) is 9.59 Å². The van der Waals surface area contributed by atoms with Gasteiger partial charge in [-0.2, -0.15) is 5.10 Å². The number of carbonyl (C=O) groups excluding carboxylic acids is 2.